The summed E-state index contributed by atoms with van der Waals surface area (Å²) in [5, 5.41) is 0. The zero-order valence-electron chi connectivity index (χ0n) is 9.64. The summed E-state index contributed by atoms with van der Waals surface area (Å²) < 4.78 is 6.70. The minimum Gasteiger partial charge on any atom is -0.464 e. The molecule has 0 unspecified atom stereocenters. The van der Waals surface area contributed by atoms with Crippen LogP contribution in [0.4, 0.5) is 0 Å². The molecule has 0 amide bonds. The molecule has 1 nitrogen and oxygen atoms in total. The third kappa shape index (κ3) is 2.24. The maximum absolute atomic E-state index is 5.63. The van der Waals surface area contributed by atoms with Crippen molar-refractivity contribution in [2.24, 2.45) is 0 Å². The van der Waals surface area contributed by atoms with Gasteiger partial charge in [-0.05, 0) is 23.8 Å². The molecular weight excluding hydrogens is 288 g/mol. The summed E-state index contributed by atoms with van der Waals surface area (Å²) in [7, 11) is 0. The SMILES string of the molecule is Brc1cccc(-c2coc(-c3ccccc3)c2)c1. The van der Waals surface area contributed by atoms with Crippen molar-refractivity contribution in [1.82, 2.24) is 0 Å². The van der Waals surface area contributed by atoms with Gasteiger partial charge in [-0.1, -0.05) is 58.4 Å². The molecule has 0 aliphatic carbocycles. The van der Waals surface area contributed by atoms with Crippen molar-refractivity contribution in [3.05, 3.63) is 71.4 Å². The van der Waals surface area contributed by atoms with E-state index < -0.39 is 0 Å². The molecule has 3 aromatic rings. The van der Waals surface area contributed by atoms with Gasteiger partial charge in [0.25, 0.3) is 0 Å². The minimum atomic E-state index is 0.894. The van der Waals surface area contributed by atoms with E-state index in [9.17, 15) is 0 Å². The van der Waals surface area contributed by atoms with Crippen molar-refractivity contribution in [1.29, 1.82) is 0 Å². The maximum atomic E-state index is 5.63. The van der Waals surface area contributed by atoms with E-state index >= 15 is 0 Å². The molecule has 2 aromatic carbocycles. The van der Waals surface area contributed by atoms with Gasteiger partial charge in [0.15, 0.2) is 0 Å². The Morgan fingerprint density at radius 2 is 1.50 bits per heavy atom. The summed E-state index contributed by atoms with van der Waals surface area (Å²) in [6.07, 6.45) is 1.80. The van der Waals surface area contributed by atoms with Crippen molar-refractivity contribution in [3.8, 4) is 22.5 Å². The van der Waals surface area contributed by atoms with Crippen molar-refractivity contribution in [3.63, 3.8) is 0 Å². The van der Waals surface area contributed by atoms with Crippen molar-refractivity contribution >= 4 is 15.9 Å². The largest absolute Gasteiger partial charge is 0.464 e. The Hall–Kier alpha value is -1.80. The monoisotopic (exact) mass is 298 g/mol. The highest BCUT2D eigenvalue weighted by Gasteiger charge is 2.06. The molecule has 0 spiro atoms. The molecule has 18 heavy (non-hydrogen) atoms. The molecular formula is C16H11BrO. The maximum Gasteiger partial charge on any atom is 0.134 e. The highest BCUT2D eigenvalue weighted by molar-refractivity contribution is 9.10. The van der Waals surface area contributed by atoms with E-state index in [0.29, 0.717) is 0 Å². The first-order valence-corrected chi connectivity index (χ1v) is 6.52. The second kappa shape index (κ2) is 4.83. The average Bonchev–Trinajstić information content (AvgIpc) is 2.89. The average molecular weight is 299 g/mol. The normalized spacial score (nSPS) is 10.5. The van der Waals surface area contributed by atoms with Crippen LogP contribution in [-0.2, 0) is 0 Å². The van der Waals surface area contributed by atoms with Crippen LogP contribution in [0.2, 0.25) is 0 Å². The van der Waals surface area contributed by atoms with E-state index in [1.165, 1.54) is 0 Å². The lowest BCUT2D eigenvalue weighted by molar-refractivity contribution is 0.583. The lowest BCUT2D eigenvalue weighted by atomic mass is 10.1. The first-order chi connectivity index (χ1) is 8.83. The van der Waals surface area contributed by atoms with Crippen LogP contribution < -0.4 is 0 Å². The Labute approximate surface area is 114 Å². The number of halogens is 1. The lowest BCUT2D eigenvalue weighted by Crippen LogP contribution is -1.73. The van der Waals surface area contributed by atoms with Crippen molar-refractivity contribution in [2.75, 3.05) is 0 Å². The van der Waals surface area contributed by atoms with E-state index in [1.807, 2.05) is 42.5 Å². The second-order valence-electron chi connectivity index (χ2n) is 4.08. The molecule has 1 aromatic heterocycles. The molecule has 88 valence electrons. The van der Waals surface area contributed by atoms with E-state index in [1.54, 1.807) is 6.26 Å². The molecule has 0 aliphatic heterocycles. The molecule has 0 saturated carbocycles. The Morgan fingerprint density at radius 1 is 0.722 bits per heavy atom. The zero-order valence-corrected chi connectivity index (χ0v) is 11.2. The van der Waals surface area contributed by atoms with E-state index in [2.05, 4.69) is 34.1 Å². The predicted octanol–water partition coefficient (Wildman–Crippen LogP) is 5.38. The first-order valence-electron chi connectivity index (χ1n) is 5.73. The van der Waals surface area contributed by atoms with Gasteiger partial charge >= 0.3 is 0 Å². The zero-order chi connectivity index (χ0) is 12.4. The van der Waals surface area contributed by atoms with Crippen molar-refractivity contribution in [2.45, 2.75) is 0 Å². The quantitative estimate of drug-likeness (QED) is 0.619. The van der Waals surface area contributed by atoms with Gasteiger partial charge in [-0.2, -0.15) is 0 Å². The number of hydrogen-bond acceptors (Lipinski definition) is 1. The Balaban J connectivity index is 2.00. The molecule has 3 rings (SSSR count). The van der Waals surface area contributed by atoms with E-state index in [4.69, 9.17) is 4.42 Å². The summed E-state index contributed by atoms with van der Waals surface area (Å²) in [5.74, 6) is 0.894. The van der Waals surface area contributed by atoms with Crippen LogP contribution in [0.5, 0.6) is 0 Å². The molecule has 0 N–H and O–H groups in total. The molecule has 0 radical (unpaired) electrons. The van der Waals surface area contributed by atoms with Crippen LogP contribution in [0, 0.1) is 0 Å². The minimum absolute atomic E-state index is 0.894. The Bertz CT molecular complexity index is 656. The molecule has 2 heteroatoms. The third-order valence-corrected chi connectivity index (χ3v) is 3.31. The fourth-order valence-corrected chi connectivity index (χ4v) is 2.31. The van der Waals surface area contributed by atoms with Gasteiger partial charge in [-0.3, -0.25) is 0 Å². The smallest absolute Gasteiger partial charge is 0.134 e. The summed E-state index contributed by atoms with van der Waals surface area (Å²) >= 11 is 3.48. The highest BCUT2D eigenvalue weighted by atomic mass is 79.9. The van der Waals surface area contributed by atoms with Gasteiger partial charge in [0.2, 0.25) is 0 Å². The van der Waals surface area contributed by atoms with Crippen LogP contribution in [0.1, 0.15) is 0 Å². The van der Waals surface area contributed by atoms with Crippen molar-refractivity contribution < 1.29 is 4.42 Å². The molecule has 0 atom stereocenters. The Kier molecular flexibility index (Phi) is 3.03. The van der Waals surface area contributed by atoms with E-state index in [-0.39, 0.29) is 0 Å². The predicted molar refractivity (Wildman–Crippen MR) is 77.3 cm³/mol. The van der Waals surface area contributed by atoms with Gasteiger partial charge in [-0.25, -0.2) is 0 Å². The summed E-state index contributed by atoms with van der Waals surface area (Å²) in [5.41, 5.74) is 3.34. The van der Waals surface area contributed by atoms with Crippen LogP contribution in [0.3, 0.4) is 0 Å². The number of benzene rings is 2. The molecule has 0 fully saturated rings. The van der Waals surface area contributed by atoms with Gasteiger partial charge in [-0.15, -0.1) is 0 Å². The first kappa shape index (κ1) is 11.3. The highest BCUT2D eigenvalue weighted by Crippen LogP contribution is 2.29. The fraction of sp³-hybridized carbons (Fsp3) is 0. The molecule has 0 saturated heterocycles. The molecule has 1 heterocycles. The van der Waals surface area contributed by atoms with Gasteiger partial charge in [0.1, 0.15) is 5.76 Å². The summed E-state index contributed by atoms with van der Waals surface area (Å²) in [6.45, 7) is 0. The standard InChI is InChI=1S/C16H11BrO/c17-15-8-4-7-13(9-15)14-10-16(18-11-14)12-5-2-1-3-6-12/h1-11H. The van der Waals surface area contributed by atoms with Crippen LogP contribution >= 0.6 is 15.9 Å². The topological polar surface area (TPSA) is 13.1 Å². The fourth-order valence-electron chi connectivity index (χ4n) is 1.91. The van der Waals surface area contributed by atoms with Gasteiger partial charge in [0, 0.05) is 15.6 Å². The van der Waals surface area contributed by atoms with Crippen LogP contribution in [-0.4, -0.2) is 0 Å². The molecule has 0 aliphatic rings. The number of rotatable bonds is 2. The van der Waals surface area contributed by atoms with Crippen LogP contribution in [0.25, 0.3) is 22.5 Å². The number of hydrogen-bond donors (Lipinski definition) is 0. The lowest BCUT2D eigenvalue weighted by Gasteiger charge is -1.96. The number of furan rings is 1. The van der Waals surface area contributed by atoms with Crippen LogP contribution in [0.15, 0.2) is 75.8 Å². The summed E-state index contributed by atoms with van der Waals surface area (Å²) in [4.78, 5) is 0. The second-order valence-corrected chi connectivity index (χ2v) is 4.99. The summed E-state index contributed by atoms with van der Waals surface area (Å²) in [6, 6.07) is 20.4. The molecule has 0 bridgehead atoms. The third-order valence-electron chi connectivity index (χ3n) is 2.82. The van der Waals surface area contributed by atoms with Gasteiger partial charge in [0.05, 0.1) is 6.26 Å². The van der Waals surface area contributed by atoms with E-state index in [0.717, 1.165) is 26.9 Å². The van der Waals surface area contributed by atoms with Gasteiger partial charge < -0.3 is 4.42 Å². The Morgan fingerprint density at radius 3 is 2.28 bits per heavy atom.